The number of aromatic nitrogens is 2. The molecule has 4 aromatic rings. The number of aromatic amines is 1. The summed E-state index contributed by atoms with van der Waals surface area (Å²) >= 11 is 1.65. The molecule has 0 amide bonds. The van der Waals surface area contributed by atoms with Gasteiger partial charge in [-0.2, -0.15) is 11.3 Å². The van der Waals surface area contributed by atoms with Crippen molar-refractivity contribution in [3.63, 3.8) is 0 Å². The number of H-pyrrole nitrogens is 1. The molecule has 0 aliphatic carbocycles. The van der Waals surface area contributed by atoms with E-state index in [0.29, 0.717) is 5.56 Å². The molecule has 102 valence electrons. The molecular weight excluding hydrogens is 283 g/mol. The second-order valence-corrected chi connectivity index (χ2v) is 5.56. The molecule has 2 nitrogen and oxygen atoms in total. The highest BCUT2D eigenvalue weighted by Gasteiger charge is 2.15. The molecule has 0 saturated heterocycles. The Labute approximate surface area is 124 Å². The van der Waals surface area contributed by atoms with Gasteiger partial charge in [0, 0.05) is 28.9 Å². The van der Waals surface area contributed by atoms with Gasteiger partial charge in [0.05, 0.1) is 0 Å². The van der Waals surface area contributed by atoms with Crippen LogP contribution >= 0.6 is 11.3 Å². The Bertz CT molecular complexity index is 910. The van der Waals surface area contributed by atoms with Crippen molar-refractivity contribution in [2.45, 2.75) is 0 Å². The number of hydrogen-bond acceptors (Lipinski definition) is 2. The third-order valence-corrected chi connectivity index (χ3v) is 4.25. The van der Waals surface area contributed by atoms with Gasteiger partial charge in [-0.1, -0.05) is 18.2 Å². The van der Waals surface area contributed by atoms with Gasteiger partial charge in [0.15, 0.2) is 0 Å². The van der Waals surface area contributed by atoms with Crippen LogP contribution in [0.15, 0.2) is 59.6 Å². The number of nitrogens with one attached hydrogen (secondary N) is 1. The third-order valence-electron chi connectivity index (χ3n) is 3.57. The van der Waals surface area contributed by atoms with Crippen molar-refractivity contribution < 1.29 is 4.39 Å². The molecule has 0 aliphatic heterocycles. The average molecular weight is 294 g/mol. The molecule has 4 rings (SSSR count). The number of pyridine rings is 1. The predicted molar refractivity (Wildman–Crippen MR) is 84.8 cm³/mol. The van der Waals surface area contributed by atoms with E-state index in [0.717, 1.165) is 27.7 Å². The maximum Gasteiger partial charge on any atom is 0.138 e. The molecule has 1 N–H and O–H groups in total. The summed E-state index contributed by atoms with van der Waals surface area (Å²) in [7, 11) is 0. The maximum absolute atomic E-state index is 14.1. The number of rotatable bonds is 2. The second kappa shape index (κ2) is 4.82. The predicted octanol–water partition coefficient (Wildman–Crippen LogP) is 5.10. The van der Waals surface area contributed by atoms with Crippen LogP contribution in [-0.2, 0) is 0 Å². The molecular formula is C17H11FN2S. The van der Waals surface area contributed by atoms with Crippen molar-refractivity contribution in [2.75, 3.05) is 0 Å². The molecule has 0 saturated carbocycles. The Morgan fingerprint density at radius 3 is 2.71 bits per heavy atom. The molecule has 1 aromatic carbocycles. The van der Waals surface area contributed by atoms with E-state index in [1.165, 1.54) is 6.07 Å². The van der Waals surface area contributed by atoms with Crippen LogP contribution < -0.4 is 0 Å². The SMILES string of the molecule is Fc1ccccc1-c1c[nH]c2nccc(-c3ccsc3)c12. The fourth-order valence-corrected chi connectivity index (χ4v) is 3.26. The summed E-state index contributed by atoms with van der Waals surface area (Å²) in [4.78, 5) is 7.49. The van der Waals surface area contributed by atoms with Crippen LogP contribution in [0.4, 0.5) is 4.39 Å². The summed E-state index contributed by atoms with van der Waals surface area (Å²) in [6.45, 7) is 0. The Balaban J connectivity index is 2.06. The van der Waals surface area contributed by atoms with Crippen LogP contribution in [-0.4, -0.2) is 9.97 Å². The standard InChI is InChI=1S/C17H11FN2S/c18-15-4-2-1-3-13(15)14-9-20-17-16(14)12(5-7-19-17)11-6-8-21-10-11/h1-10H,(H,19,20). The fraction of sp³-hybridized carbons (Fsp3) is 0. The average Bonchev–Trinajstić information content (AvgIpc) is 3.17. The van der Waals surface area contributed by atoms with E-state index < -0.39 is 0 Å². The van der Waals surface area contributed by atoms with Gasteiger partial charge in [0.25, 0.3) is 0 Å². The number of halogens is 1. The summed E-state index contributed by atoms with van der Waals surface area (Å²) in [5, 5.41) is 5.09. The second-order valence-electron chi connectivity index (χ2n) is 4.78. The third kappa shape index (κ3) is 1.96. The number of fused-ring (bicyclic) bond motifs is 1. The van der Waals surface area contributed by atoms with Crippen molar-refractivity contribution in [3.8, 4) is 22.3 Å². The lowest BCUT2D eigenvalue weighted by Gasteiger charge is -2.05. The molecule has 0 aliphatic rings. The van der Waals surface area contributed by atoms with Crippen molar-refractivity contribution in [3.05, 3.63) is 65.4 Å². The van der Waals surface area contributed by atoms with Gasteiger partial charge in [-0.15, -0.1) is 0 Å². The summed E-state index contributed by atoms with van der Waals surface area (Å²) in [5.41, 5.74) is 4.41. The first kappa shape index (κ1) is 12.3. The number of nitrogens with zero attached hydrogens (tertiary/aromatic N) is 1. The lowest BCUT2D eigenvalue weighted by Crippen LogP contribution is -1.85. The van der Waals surface area contributed by atoms with Gasteiger partial charge in [-0.05, 0) is 40.1 Å². The molecule has 4 heteroatoms. The van der Waals surface area contributed by atoms with Crippen molar-refractivity contribution >= 4 is 22.4 Å². The van der Waals surface area contributed by atoms with Crippen LogP contribution in [0.2, 0.25) is 0 Å². The molecule has 0 radical (unpaired) electrons. The number of benzene rings is 1. The molecule has 3 aromatic heterocycles. The minimum absolute atomic E-state index is 0.224. The Morgan fingerprint density at radius 1 is 1.00 bits per heavy atom. The van der Waals surface area contributed by atoms with Crippen LogP contribution in [0.5, 0.6) is 0 Å². The molecule has 0 unspecified atom stereocenters. The summed E-state index contributed by atoms with van der Waals surface area (Å²) in [6.07, 6.45) is 3.60. The van der Waals surface area contributed by atoms with E-state index in [9.17, 15) is 4.39 Å². The smallest absolute Gasteiger partial charge is 0.138 e. The van der Waals surface area contributed by atoms with E-state index in [1.54, 1.807) is 29.7 Å². The van der Waals surface area contributed by atoms with Gasteiger partial charge >= 0.3 is 0 Å². The largest absolute Gasteiger partial charge is 0.345 e. The van der Waals surface area contributed by atoms with E-state index in [2.05, 4.69) is 21.4 Å². The molecule has 0 fully saturated rings. The van der Waals surface area contributed by atoms with Gasteiger partial charge < -0.3 is 4.98 Å². The zero-order valence-corrected chi connectivity index (χ0v) is 11.8. The zero-order valence-electron chi connectivity index (χ0n) is 11.0. The van der Waals surface area contributed by atoms with E-state index in [1.807, 2.05) is 23.7 Å². The van der Waals surface area contributed by atoms with Crippen molar-refractivity contribution in [1.29, 1.82) is 0 Å². The number of thiophene rings is 1. The van der Waals surface area contributed by atoms with Crippen molar-refractivity contribution in [1.82, 2.24) is 9.97 Å². The molecule has 0 bridgehead atoms. The topological polar surface area (TPSA) is 28.7 Å². The van der Waals surface area contributed by atoms with Crippen molar-refractivity contribution in [2.24, 2.45) is 0 Å². The first-order chi connectivity index (χ1) is 10.3. The summed E-state index contributed by atoms with van der Waals surface area (Å²) < 4.78 is 14.1. The van der Waals surface area contributed by atoms with Crippen LogP contribution in [0.3, 0.4) is 0 Å². The molecule has 3 heterocycles. The maximum atomic E-state index is 14.1. The minimum Gasteiger partial charge on any atom is -0.345 e. The molecule has 0 atom stereocenters. The summed E-state index contributed by atoms with van der Waals surface area (Å²) in [6, 6.07) is 10.9. The lowest BCUT2D eigenvalue weighted by atomic mass is 9.99. The fourth-order valence-electron chi connectivity index (χ4n) is 2.61. The summed E-state index contributed by atoms with van der Waals surface area (Å²) in [5.74, 6) is -0.224. The Morgan fingerprint density at radius 2 is 1.90 bits per heavy atom. The Kier molecular flexibility index (Phi) is 2.82. The first-order valence-corrected chi connectivity index (χ1v) is 7.52. The first-order valence-electron chi connectivity index (χ1n) is 6.58. The highest BCUT2D eigenvalue weighted by molar-refractivity contribution is 7.08. The van der Waals surface area contributed by atoms with Crippen LogP contribution in [0, 0.1) is 5.82 Å². The minimum atomic E-state index is -0.224. The van der Waals surface area contributed by atoms with E-state index in [4.69, 9.17) is 0 Å². The highest BCUT2D eigenvalue weighted by atomic mass is 32.1. The van der Waals surface area contributed by atoms with Crippen LogP contribution in [0.1, 0.15) is 0 Å². The van der Waals surface area contributed by atoms with Gasteiger partial charge in [0.1, 0.15) is 11.5 Å². The van der Waals surface area contributed by atoms with Gasteiger partial charge in [-0.3, -0.25) is 0 Å². The highest BCUT2D eigenvalue weighted by Crippen LogP contribution is 2.36. The van der Waals surface area contributed by atoms with Crippen LogP contribution in [0.25, 0.3) is 33.3 Å². The normalized spacial score (nSPS) is 11.1. The van der Waals surface area contributed by atoms with E-state index in [-0.39, 0.29) is 5.82 Å². The van der Waals surface area contributed by atoms with E-state index >= 15 is 0 Å². The quantitative estimate of drug-likeness (QED) is 0.547. The van der Waals surface area contributed by atoms with Gasteiger partial charge in [0.2, 0.25) is 0 Å². The lowest BCUT2D eigenvalue weighted by molar-refractivity contribution is 0.631. The molecule has 0 spiro atoms. The van der Waals surface area contributed by atoms with Gasteiger partial charge in [-0.25, -0.2) is 9.37 Å². The number of hydrogen-bond donors (Lipinski definition) is 1. The monoisotopic (exact) mass is 294 g/mol. The Hall–Kier alpha value is -2.46. The zero-order chi connectivity index (χ0) is 14.2. The molecule has 21 heavy (non-hydrogen) atoms.